The average molecular weight is 484 g/mol. The Labute approximate surface area is 202 Å². The number of nitrogens with one attached hydrogen (secondary N) is 1. The number of carbonyl (C=O) groups is 1. The minimum Gasteiger partial charge on any atom is -0.508 e. The monoisotopic (exact) mass is 483 g/mol. The van der Waals surface area contributed by atoms with Crippen LogP contribution < -0.4 is 5.43 Å². The van der Waals surface area contributed by atoms with Crippen LogP contribution in [0.2, 0.25) is 5.02 Å². The summed E-state index contributed by atoms with van der Waals surface area (Å²) in [6.45, 7) is 1.78. The number of hydrogen-bond acceptors (Lipinski definition) is 6. The molecule has 9 heteroatoms. The molecule has 2 N–H and O–H groups in total. The Morgan fingerprint density at radius 2 is 1.94 bits per heavy atom. The van der Waals surface area contributed by atoms with Gasteiger partial charge in [0.05, 0.1) is 11.5 Å². The van der Waals surface area contributed by atoms with Crippen LogP contribution in [0.4, 0.5) is 0 Å². The summed E-state index contributed by atoms with van der Waals surface area (Å²) >= 11 is 7.42. The quantitative estimate of drug-likeness (QED) is 0.265. The molecule has 1 aromatic heterocycles. The molecule has 1 heterocycles. The Bertz CT molecular complexity index is 1140. The fourth-order valence-electron chi connectivity index (χ4n) is 3.94. The van der Waals surface area contributed by atoms with Gasteiger partial charge in [0.1, 0.15) is 5.75 Å². The van der Waals surface area contributed by atoms with Crippen LogP contribution in [0.15, 0.2) is 58.8 Å². The molecule has 172 valence electrons. The molecule has 1 saturated carbocycles. The first-order chi connectivity index (χ1) is 16.0. The fraction of sp³-hybridized carbons (Fsp3) is 0.333. The number of carbonyl (C=O) groups excluding carboxylic acids is 1. The summed E-state index contributed by atoms with van der Waals surface area (Å²) in [7, 11) is 0. The number of phenols is 1. The Morgan fingerprint density at radius 3 is 2.67 bits per heavy atom. The predicted molar refractivity (Wildman–Crippen MR) is 132 cm³/mol. The van der Waals surface area contributed by atoms with Crippen molar-refractivity contribution >= 4 is 35.0 Å². The number of aromatic nitrogens is 3. The summed E-state index contributed by atoms with van der Waals surface area (Å²) in [5.41, 5.74) is 4.90. The number of rotatable bonds is 7. The van der Waals surface area contributed by atoms with Gasteiger partial charge < -0.3 is 5.11 Å². The third-order valence-electron chi connectivity index (χ3n) is 5.65. The van der Waals surface area contributed by atoms with E-state index in [4.69, 9.17) is 11.6 Å². The Balaban J connectivity index is 1.47. The normalized spacial score (nSPS) is 14.9. The molecule has 0 aliphatic heterocycles. The minimum absolute atomic E-state index is 0.155. The zero-order valence-electron chi connectivity index (χ0n) is 18.4. The van der Waals surface area contributed by atoms with Gasteiger partial charge in [-0.3, -0.25) is 9.36 Å². The number of aromatic hydroxyl groups is 1. The number of halogens is 1. The van der Waals surface area contributed by atoms with E-state index in [1.54, 1.807) is 25.1 Å². The first-order valence-corrected chi connectivity index (χ1v) is 12.3. The molecule has 1 aliphatic rings. The van der Waals surface area contributed by atoms with E-state index in [-0.39, 0.29) is 17.4 Å². The van der Waals surface area contributed by atoms with Crippen molar-refractivity contribution in [3.63, 3.8) is 0 Å². The average Bonchev–Trinajstić information content (AvgIpc) is 3.26. The third kappa shape index (κ3) is 5.94. The number of benzene rings is 2. The molecule has 0 saturated heterocycles. The van der Waals surface area contributed by atoms with Crippen LogP contribution in [-0.4, -0.2) is 37.2 Å². The molecule has 0 unspecified atom stereocenters. The lowest BCUT2D eigenvalue weighted by molar-refractivity contribution is -0.118. The van der Waals surface area contributed by atoms with E-state index in [1.807, 2.05) is 30.3 Å². The smallest absolute Gasteiger partial charge is 0.250 e. The molecule has 1 fully saturated rings. The second-order valence-electron chi connectivity index (χ2n) is 8.05. The third-order valence-corrected chi connectivity index (χ3v) is 6.85. The number of amides is 1. The van der Waals surface area contributed by atoms with E-state index in [9.17, 15) is 9.90 Å². The topological polar surface area (TPSA) is 92.4 Å². The van der Waals surface area contributed by atoms with Crippen molar-refractivity contribution in [2.75, 3.05) is 5.75 Å². The molecule has 1 amide bonds. The van der Waals surface area contributed by atoms with E-state index in [0.29, 0.717) is 16.8 Å². The van der Waals surface area contributed by atoms with Crippen molar-refractivity contribution in [1.82, 2.24) is 20.2 Å². The maximum Gasteiger partial charge on any atom is 0.250 e. The van der Waals surface area contributed by atoms with Crippen molar-refractivity contribution in [1.29, 1.82) is 0 Å². The molecular weight excluding hydrogens is 458 g/mol. The summed E-state index contributed by atoms with van der Waals surface area (Å²) in [4.78, 5) is 12.5. The maximum absolute atomic E-state index is 12.5. The minimum atomic E-state index is -0.231. The van der Waals surface area contributed by atoms with E-state index >= 15 is 0 Å². The molecule has 0 spiro atoms. The number of phenolic OH excluding ortho intramolecular Hbond substituents is 1. The molecule has 3 aromatic rings. The molecule has 0 atom stereocenters. The van der Waals surface area contributed by atoms with Gasteiger partial charge in [-0.2, -0.15) is 5.10 Å². The van der Waals surface area contributed by atoms with Gasteiger partial charge in [-0.15, -0.1) is 10.2 Å². The molecule has 33 heavy (non-hydrogen) atoms. The summed E-state index contributed by atoms with van der Waals surface area (Å²) < 4.78 is 2.18. The van der Waals surface area contributed by atoms with Crippen LogP contribution in [0, 0.1) is 0 Å². The first kappa shape index (κ1) is 23.3. The van der Waals surface area contributed by atoms with Crippen LogP contribution in [0.3, 0.4) is 0 Å². The molecule has 1 aliphatic carbocycles. The highest BCUT2D eigenvalue weighted by Gasteiger charge is 2.24. The Hall–Kier alpha value is -2.84. The van der Waals surface area contributed by atoms with Crippen LogP contribution in [0.1, 0.15) is 50.6 Å². The van der Waals surface area contributed by atoms with Crippen LogP contribution >= 0.6 is 23.4 Å². The molecule has 2 aromatic carbocycles. The van der Waals surface area contributed by atoms with Gasteiger partial charge in [-0.05, 0) is 56.2 Å². The number of hydrogen-bond donors (Lipinski definition) is 2. The van der Waals surface area contributed by atoms with Crippen molar-refractivity contribution < 1.29 is 9.90 Å². The van der Waals surface area contributed by atoms with Crippen molar-refractivity contribution in [2.24, 2.45) is 5.10 Å². The van der Waals surface area contributed by atoms with Gasteiger partial charge in [-0.1, -0.05) is 54.8 Å². The molecular formula is C24H26ClN5O2S. The van der Waals surface area contributed by atoms with Crippen LogP contribution in [0.25, 0.3) is 11.4 Å². The predicted octanol–water partition coefficient (Wildman–Crippen LogP) is 5.44. The summed E-state index contributed by atoms with van der Waals surface area (Å²) in [5.74, 6) is 0.898. The Morgan fingerprint density at radius 1 is 1.18 bits per heavy atom. The highest BCUT2D eigenvalue weighted by molar-refractivity contribution is 7.99. The first-order valence-electron chi connectivity index (χ1n) is 11.0. The van der Waals surface area contributed by atoms with E-state index in [1.165, 1.54) is 31.0 Å². The number of thioether (sulfide) groups is 1. The van der Waals surface area contributed by atoms with E-state index in [0.717, 1.165) is 34.9 Å². The fourth-order valence-corrected chi connectivity index (χ4v) is 4.87. The largest absolute Gasteiger partial charge is 0.508 e. The van der Waals surface area contributed by atoms with Gasteiger partial charge >= 0.3 is 0 Å². The maximum atomic E-state index is 12.5. The van der Waals surface area contributed by atoms with Gasteiger partial charge in [0, 0.05) is 22.2 Å². The summed E-state index contributed by atoms with van der Waals surface area (Å²) in [6, 6.07) is 14.7. The van der Waals surface area contributed by atoms with Crippen molar-refractivity contribution in [3.8, 4) is 17.1 Å². The van der Waals surface area contributed by atoms with Crippen molar-refractivity contribution in [3.05, 3.63) is 59.1 Å². The van der Waals surface area contributed by atoms with Gasteiger partial charge in [0.2, 0.25) is 0 Å². The highest BCUT2D eigenvalue weighted by atomic mass is 35.5. The van der Waals surface area contributed by atoms with Gasteiger partial charge in [0.25, 0.3) is 5.91 Å². The lowest BCUT2D eigenvalue weighted by Gasteiger charge is -2.25. The van der Waals surface area contributed by atoms with Crippen molar-refractivity contribution in [2.45, 2.75) is 50.2 Å². The second kappa shape index (κ2) is 10.9. The van der Waals surface area contributed by atoms with Crippen LogP contribution in [-0.2, 0) is 4.79 Å². The lowest BCUT2D eigenvalue weighted by Crippen LogP contribution is -2.22. The van der Waals surface area contributed by atoms with E-state index in [2.05, 4.69) is 25.3 Å². The SMILES string of the molecule is C/C(=N\NC(=O)CSc1nnc(-c2ccc(Cl)cc2)n1C1CCCCC1)c1cccc(O)c1. The summed E-state index contributed by atoms with van der Waals surface area (Å²) in [6.07, 6.45) is 5.75. The molecule has 4 rings (SSSR count). The highest BCUT2D eigenvalue weighted by Crippen LogP contribution is 2.35. The van der Waals surface area contributed by atoms with Crippen LogP contribution in [0.5, 0.6) is 5.75 Å². The summed E-state index contributed by atoms with van der Waals surface area (Å²) in [5, 5.41) is 24.1. The molecule has 0 bridgehead atoms. The van der Waals surface area contributed by atoms with Gasteiger partial charge in [-0.25, -0.2) is 5.43 Å². The second-order valence-corrected chi connectivity index (χ2v) is 9.43. The Kier molecular flexibility index (Phi) is 7.67. The van der Waals surface area contributed by atoms with E-state index < -0.39 is 0 Å². The zero-order chi connectivity index (χ0) is 23.2. The lowest BCUT2D eigenvalue weighted by atomic mass is 9.95. The zero-order valence-corrected chi connectivity index (χ0v) is 19.9. The number of nitrogens with zero attached hydrogens (tertiary/aromatic N) is 4. The molecule has 0 radical (unpaired) electrons. The number of hydrazone groups is 1. The standard InChI is InChI=1S/C24H26ClN5O2S/c1-16(18-6-5-9-21(31)14-18)26-27-22(32)15-33-24-29-28-23(17-10-12-19(25)13-11-17)30(24)20-7-3-2-4-8-20/h5-6,9-14,20,31H,2-4,7-8,15H2,1H3,(H,27,32)/b26-16+. The molecule has 7 nitrogen and oxygen atoms in total. The van der Waals surface area contributed by atoms with Gasteiger partial charge in [0.15, 0.2) is 11.0 Å².